The fourth-order valence-electron chi connectivity index (χ4n) is 5.80. The highest BCUT2D eigenvalue weighted by atomic mass is 16.5. The molecule has 35 heavy (non-hydrogen) atoms. The van der Waals surface area contributed by atoms with E-state index in [1.54, 1.807) is 7.11 Å². The van der Waals surface area contributed by atoms with Crippen molar-refractivity contribution in [2.24, 2.45) is 7.05 Å². The molecule has 0 spiro atoms. The molecule has 0 aliphatic carbocycles. The number of imidazole rings is 1. The molecule has 2 aromatic carbocycles. The van der Waals surface area contributed by atoms with Crippen LogP contribution in [0, 0.1) is 0 Å². The third kappa shape index (κ3) is 4.50. The van der Waals surface area contributed by atoms with Gasteiger partial charge in [-0.25, -0.2) is 4.98 Å². The highest BCUT2D eigenvalue weighted by Crippen LogP contribution is 2.45. The van der Waals surface area contributed by atoms with Crippen molar-refractivity contribution in [3.8, 4) is 5.75 Å². The summed E-state index contributed by atoms with van der Waals surface area (Å²) >= 11 is 0. The molecular formula is C27H33N5O3. The van der Waals surface area contributed by atoms with Crippen LogP contribution >= 0.6 is 0 Å². The van der Waals surface area contributed by atoms with Crippen molar-refractivity contribution in [2.45, 2.75) is 56.8 Å². The maximum absolute atomic E-state index is 13.2. The fourth-order valence-corrected chi connectivity index (χ4v) is 5.80. The Kier molecular flexibility index (Phi) is 6.23. The molecule has 2 aliphatic heterocycles. The van der Waals surface area contributed by atoms with Crippen LogP contribution in [0.5, 0.6) is 5.75 Å². The van der Waals surface area contributed by atoms with E-state index >= 15 is 0 Å². The molecule has 3 aromatic rings. The van der Waals surface area contributed by atoms with Crippen LogP contribution in [0.1, 0.15) is 50.0 Å². The summed E-state index contributed by atoms with van der Waals surface area (Å²) in [5, 5.41) is 6.35. The summed E-state index contributed by atoms with van der Waals surface area (Å²) in [4.78, 5) is 32.6. The number of fused-ring (bicyclic) bond motifs is 2. The standard InChI is InChI=1S/C27H33N5O3/c1-27-15-22(18-11-13-19(35-3)14-12-18)32(23(27)9-6-10-25(33)30-27)17-26(34)28-16-24-29-20-7-4-5-8-21(20)31(24)2/h4-5,7-8,11-14,22-23H,6,9-10,15-17H2,1-3H3,(H,28,34)(H,30,33)/t22-,23-,27-/m0/s1. The third-order valence-corrected chi connectivity index (χ3v) is 7.61. The largest absolute Gasteiger partial charge is 0.497 e. The Balaban J connectivity index is 1.36. The SMILES string of the molecule is COc1ccc([C@@H]2C[C@]3(C)NC(=O)CCC[C@@H]3N2CC(=O)NCc2nc3ccccc3n2C)cc1. The average molecular weight is 476 g/mol. The number of carbonyl (C=O) groups is 2. The number of aryl methyl sites for hydroxylation is 1. The van der Waals surface area contributed by atoms with Gasteiger partial charge in [0.1, 0.15) is 11.6 Å². The first-order valence-electron chi connectivity index (χ1n) is 12.3. The molecule has 2 fully saturated rings. The smallest absolute Gasteiger partial charge is 0.234 e. The second-order valence-corrected chi connectivity index (χ2v) is 9.89. The van der Waals surface area contributed by atoms with Crippen LogP contribution in [-0.4, -0.2) is 51.5 Å². The summed E-state index contributed by atoms with van der Waals surface area (Å²) in [7, 11) is 3.62. The molecule has 0 unspecified atom stereocenters. The van der Waals surface area contributed by atoms with Crippen molar-refractivity contribution < 1.29 is 14.3 Å². The Morgan fingerprint density at radius 2 is 2.00 bits per heavy atom. The highest BCUT2D eigenvalue weighted by molar-refractivity contribution is 5.79. The molecule has 2 N–H and O–H groups in total. The zero-order valence-corrected chi connectivity index (χ0v) is 20.6. The Hall–Kier alpha value is -3.39. The molecule has 3 atom stereocenters. The lowest BCUT2D eigenvalue weighted by Gasteiger charge is -2.34. The Labute approximate surface area is 205 Å². The van der Waals surface area contributed by atoms with Crippen LogP contribution in [0.4, 0.5) is 0 Å². The van der Waals surface area contributed by atoms with Gasteiger partial charge in [0, 0.05) is 25.6 Å². The van der Waals surface area contributed by atoms with Crippen molar-refractivity contribution in [3.63, 3.8) is 0 Å². The molecule has 0 radical (unpaired) electrons. The van der Waals surface area contributed by atoms with Crippen molar-refractivity contribution in [2.75, 3.05) is 13.7 Å². The van der Waals surface area contributed by atoms with E-state index in [0.29, 0.717) is 13.0 Å². The molecule has 8 nitrogen and oxygen atoms in total. The van der Waals surface area contributed by atoms with Gasteiger partial charge in [-0.1, -0.05) is 24.3 Å². The fraction of sp³-hybridized carbons (Fsp3) is 0.444. The maximum Gasteiger partial charge on any atom is 0.234 e. The second-order valence-electron chi connectivity index (χ2n) is 9.89. The van der Waals surface area contributed by atoms with E-state index in [0.717, 1.165) is 47.4 Å². The monoisotopic (exact) mass is 475 g/mol. The number of amides is 2. The quantitative estimate of drug-likeness (QED) is 0.572. The van der Waals surface area contributed by atoms with E-state index in [4.69, 9.17) is 4.74 Å². The number of carbonyl (C=O) groups excluding carboxylic acids is 2. The van der Waals surface area contributed by atoms with Gasteiger partial charge in [0.05, 0.1) is 36.8 Å². The zero-order chi connectivity index (χ0) is 24.6. The van der Waals surface area contributed by atoms with E-state index < -0.39 is 0 Å². The van der Waals surface area contributed by atoms with Gasteiger partial charge in [-0.3, -0.25) is 14.5 Å². The molecule has 0 saturated carbocycles. The number of methoxy groups -OCH3 is 1. The van der Waals surface area contributed by atoms with Crippen LogP contribution < -0.4 is 15.4 Å². The number of aromatic nitrogens is 2. The number of nitrogens with zero attached hydrogens (tertiary/aromatic N) is 3. The molecule has 3 heterocycles. The van der Waals surface area contributed by atoms with E-state index in [-0.39, 0.29) is 36.0 Å². The molecule has 0 bridgehead atoms. The normalized spacial score (nSPS) is 24.6. The number of likely N-dealkylation sites (tertiary alicyclic amines) is 1. The molecule has 8 heteroatoms. The van der Waals surface area contributed by atoms with E-state index in [1.807, 2.05) is 48.0 Å². The average Bonchev–Trinajstić information content (AvgIpc) is 3.25. The lowest BCUT2D eigenvalue weighted by Crippen LogP contribution is -2.54. The molecule has 2 saturated heterocycles. The Morgan fingerprint density at radius 1 is 1.23 bits per heavy atom. The molecule has 2 amide bonds. The topological polar surface area (TPSA) is 88.5 Å². The van der Waals surface area contributed by atoms with Crippen molar-refractivity contribution in [1.29, 1.82) is 0 Å². The predicted octanol–water partition coefficient (Wildman–Crippen LogP) is 3.07. The van der Waals surface area contributed by atoms with Gasteiger partial charge in [-0.2, -0.15) is 0 Å². The number of ether oxygens (including phenoxy) is 1. The van der Waals surface area contributed by atoms with Crippen molar-refractivity contribution in [1.82, 2.24) is 25.1 Å². The lowest BCUT2D eigenvalue weighted by atomic mass is 9.88. The van der Waals surface area contributed by atoms with Crippen molar-refractivity contribution in [3.05, 3.63) is 59.9 Å². The van der Waals surface area contributed by atoms with Gasteiger partial charge in [-0.15, -0.1) is 0 Å². The molecule has 2 aliphatic rings. The van der Waals surface area contributed by atoms with E-state index in [2.05, 4.69) is 39.6 Å². The molecule has 184 valence electrons. The van der Waals surface area contributed by atoms with Crippen LogP contribution in [0.15, 0.2) is 48.5 Å². The Morgan fingerprint density at radius 3 is 2.74 bits per heavy atom. The van der Waals surface area contributed by atoms with Crippen LogP contribution in [0.2, 0.25) is 0 Å². The summed E-state index contributed by atoms with van der Waals surface area (Å²) < 4.78 is 7.35. The van der Waals surface area contributed by atoms with Crippen LogP contribution in [0.3, 0.4) is 0 Å². The first-order chi connectivity index (χ1) is 16.9. The summed E-state index contributed by atoms with van der Waals surface area (Å²) in [6, 6.07) is 16.1. The summed E-state index contributed by atoms with van der Waals surface area (Å²) in [5.74, 6) is 1.67. The van der Waals surface area contributed by atoms with Gasteiger partial charge in [0.25, 0.3) is 0 Å². The highest BCUT2D eigenvalue weighted by Gasteiger charge is 2.51. The summed E-state index contributed by atoms with van der Waals surface area (Å²) in [6.07, 6.45) is 2.99. The number of rotatable bonds is 6. The second kappa shape index (κ2) is 9.34. The van der Waals surface area contributed by atoms with Crippen LogP contribution in [0.25, 0.3) is 11.0 Å². The van der Waals surface area contributed by atoms with Gasteiger partial charge in [0.2, 0.25) is 11.8 Å². The number of para-hydroxylation sites is 2. The first kappa shape index (κ1) is 23.4. The van der Waals surface area contributed by atoms with Gasteiger partial charge >= 0.3 is 0 Å². The number of hydrogen-bond acceptors (Lipinski definition) is 5. The summed E-state index contributed by atoms with van der Waals surface area (Å²) in [5.41, 5.74) is 2.71. The van der Waals surface area contributed by atoms with Gasteiger partial charge in [-0.05, 0) is 56.0 Å². The number of nitrogens with one attached hydrogen (secondary N) is 2. The lowest BCUT2D eigenvalue weighted by molar-refractivity contribution is -0.123. The molecule has 1 aromatic heterocycles. The van der Waals surface area contributed by atoms with Gasteiger partial charge < -0.3 is 19.9 Å². The van der Waals surface area contributed by atoms with Gasteiger partial charge in [0.15, 0.2) is 0 Å². The van der Waals surface area contributed by atoms with E-state index in [1.165, 1.54) is 0 Å². The minimum Gasteiger partial charge on any atom is -0.497 e. The van der Waals surface area contributed by atoms with E-state index in [9.17, 15) is 9.59 Å². The zero-order valence-electron chi connectivity index (χ0n) is 20.6. The van der Waals surface area contributed by atoms with Crippen LogP contribution in [-0.2, 0) is 23.2 Å². The number of benzene rings is 2. The third-order valence-electron chi connectivity index (χ3n) is 7.61. The predicted molar refractivity (Wildman–Crippen MR) is 134 cm³/mol. The molecular weight excluding hydrogens is 442 g/mol. The number of hydrogen-bond donors (Lipinski definition) is 2. The maximum atomic E-state index is 13.2. The minimum atomic E-state index is -0.379. The summed E-state index contributed by atoms with van der Waals surface area (Å²) in [6.45, 7) is 2.75. The van der Waals surface area contributed by atoms with Crippen molar-refractivity contribution >= 4 is 22.8 Å². The molecule has 5 rings (SSSR count). The first-order valence-corrected chi connectivity index (χ1v) is 12.3. The Bertz CT molecular complexity index is 1240. The minimum absolute atomic E-state index is 0.0239.